The Morgan fingerprint density at radius 2 is 0.783 bits per heavy atom. The van der Waals surface area contributed by atoms with Gasteiger partial charge in [-0.25, -0.2) is 14.3 Å². The number of hydrogen-bond acceptors (Lipinski definition) is 8. The molecule has 17 heteroatoms. The van der Waals surface area contributed by atoms with E-state index in [9.17, 15) is 8.78 Å². The average Bonchev–Trinajstić information content (AvgIpc) is 3.96. The van der Waals surface area contributed by atoms with E-state index in [0.717, 1.165) is 44.9 Å². The number of halogens is 3. The van der Waals surface area contributed by atoms with Crippen molar-refractivity contribution in [2.75, 3.05) is 0 Å². The van der Waals surface area contributed by atoms with Crippen molar-refractivity contribution in [3.05, 3.63) is 118 Å². The molecule has 332 valence electrons. The summed E-state index contributed by atoms with van der Waals surface area (Å²) in [6.45, 7) is 31.4. The summed E-state index contributed by atoms with van der Waals surface area (Å²) >= 11 is 7.56. The van der Waals surface area contributed by atoms with Crippen LogP contribution in [0, 0.1) is 123 Å². The van der Waals surface area contributed by atoms with Crippen LogP contribution in [0.25, 0.3) is 0 Å². The topological polar surface area (TPSA) is 120 Å². The third-order valence-corrected chi connectivity index (χ3v) is 11.3. The molecule has 0 unspecified atom stereocenters. The predicted octanol–water partition coefficient (Wildman–Crippen LogP) is 9.53. The van der Waals surface area contributed by atoms with E-state index < -0.39 is 0 Å². The summed E-state index contributed by atoms with van der Waals surface area (Å²) in [5.41, 5.74) is 14.5. The molecule has 0 N–H and O–H groups in total. The van der Waals surface area contributed by atoms with Crippen molar-refractivity contribution in [3.8, 4) is 0 Å². The summed E-state index contributed by atoms with van der Waals surface area (Å²) in [6, 6.07) is 0. The first-order chi connectivity index (χ1) is 27.6. The zero-order valence-electron chi connectivity index (χ0n) is 40.0. The number of hydrogen-bond donors (Lipinski definition) is 0. The van der Waals surface area contributed by atoms with Crippen molar-refractivity contribution in [1.82, 2.24) is 63.7 Å². The Balaban J connectivity index is 0.000000350. The van der Waals surface area contributed by atoms with Gasteiger partial charge in [-0.2, -0.15) is 39.4 Å². The summed E-state index contributed by atoms with van der Waals surface area (Å²) in [5, 5.41) is 26.2. The fraction of sp³-hybridized carbons (Fsp3) is 0.512. The van der Waals surface area contributed by atoms with Gasteiger partial charge in [0.15, 0.2) is 0 Å². The number of rotatable bonds is 0. The first kappa shape index (κ1) is 53.1. The third kappa shape index (κ3) is 15.9. The molecule has 0 bridgehead atoms. The van der Waals surface area contributed by atoms with Crippen LogP contribution in [0.15, 0.2) is 12.4 Å². The van der Waals surface area contributed by atoms with E-state index in [1.807, 2.05) is 103 Å². The smallest absolute Gasteiger partial charge is 0.214 e. The van der Waals surface area contributed by atoms with Crippen molar-refractivity contribution in [1.29, 1.82) is 0 Å². The van der Waals surface area contributed by atoms with Crippen LogP contribution in [-0.2, 0) is 42.3 Å². The van der Waals surface area contributed by atoms with E-state index in [1.54, 1.807) is 57.8 Å². The second-order valence-electron chi connectivity index (χ2n) is 14.8. The highest BCUT2D eigenvalue weighted by atomic mass is 35.5. The molecule has 60 heavy (non-hydrogen) atoms. The van der Waals surface area contributed by atoms with Gasteiger partial charge in [-0.1, -0.05) is 11.6 Å². The Bertz CT molecular complexity index is 1960. The van der Waals surface area contributed by atoms with Gasteiger partial charge in [0.1, 0.15) is 5.15 Å². The Hall–Kier alpha value is -4.96. The predicted molar refractivity (Wildman–Crippen MR) is 242 cm³/mol. The number of aromatic nitrogens is 13. The van der Waals surface area contributed by atoms with Crippen LogP contribution in [0.4, 0.5) is 8.78 Å². The maximum atomic E-state index is 12.7. The molecule has 0 aliphatic heterocycles. The maximum Gasteiger partial charge on any atom is 0.214 e. The highest BCUT2D eigenvalue weighted by Crippen LogP contribution is 2.16. The van der Waals surface area contributed by atoms with Crippen LogP contribution < -0.4 is 0 Å². The van der Waals surface area contributed by atoms with E-state index in [1.165, 1.54) is 47.3 Å². The summed E-state index contributed by atoms with van der Waals surface area (Å²) in [5.74, 6) is -0.486. The van der Waals surface area contributed by atoms with Crippen LogP contribution in [0.3, 0.4) is 0 Å². The van der Waals surface area contributed by atoms with Crippen LogP contribution in [0.5, 0.6) is 0 Å². The Kier molecular flexibility index (Phi) is 21.0. The van der Waals surface area contributed by atoms with Gasteiger partial charge >= 0.3 is 0 Å². The molecule has 7 aromatic heterocycles. The van der Waals surface area contributed by atoms with E-state index in [2.05, 4.69) is 70.2 Å². The average molecular weight is 873 g/mol. The van der Waals surface area contributed by atoms with Crippen molar-refractivity contribution in [2.24, 2.45) is 42.3 Å². The highest BCUT2D eigenvalue weighted by molar-refractivity contribution is 7.11. The summed E-state index contributed by atoms with van der Waals surface area (Å²) in [7, 11) is 10.8. The molecule has 0 aromatic carbocycles. The first-order valence-corrected chi connectivity index (χ1v) is 20.6. The normalized spacial score (nSPS) is 10.1. The second-order valence-corrected chi connectivity index (χ2v) is 16.6. The quantitative estimate of drug-likeness (QED) is 0.149. The van der Waals surface area contributed by atoms with Crippen molar-refractivity contribution >= 4 is 22.9 Å². The van der Waals surface area contributed by atoms with E-state index in [0.29, 0.717) is 11.1 Å². The van der Waals surface area contributed by atoms with Crippen LogP contribution >= 0.6 is 22.9 Å². The van der Waals surface area contributed by atoms with E-state index in [-0.39, 0.29) is 11.9 Å². The minimum absolute atomic E-state index is 0.243. The Morgan fingerprint density at radius 1 is 0.433 bits per heavy atom. The van der Waals surface area contributed by atoms with Gasteiger partial charge in [-0.05, 0) is 127 Å². The fourth-order valence-corrected chi connectivity index (χ4v) is 6.15. The van der Waals surface area contributed by atoms with Crippen LogP contribution in [0.1, 0.15) is 88.8 Å². The zero-order chi connectivity index (χ0) is 46.5. The van der Waals surface area contributed by atoms with Gasteiger partial charge in [-0.3, -0.25) is 18.7 Å². The minimum atomic E-state index is -0.243. The van der Waals surface area contributed by atoms with Gasteiger partial charge in [0.2, 0.25) is 11.9 Å². The lowest BCUT2D eigenvalue weighted by atomic mass is 10.2. The van der Waals surface area contributed by atoms with Crippen molar-refractivity contribution < 1.29 is 8.78 Å². The maximum absolute atomic E-state index is 12.7. The van der Waals surface area contributed by atoms with Gasteiger partial charge in [0.05, 0.1) is 44.9 Å². The molecular weight excluding hydrogens is 804 g/mol. The number of thiazole rings is 1. The second kappa shape index (κ2) is 23.7. The van der Waals surface area contributed by atoms with Gasteiger partial charge in [0, 0.05) is 81.9 Å². The monoisotopic (exact) mass is 872 g/mol. The molecule has 0 saturated heterocycles. The molecule has 0 fully saturated rings. The third-order valence-electron chi connectivity index (χ3n) is 9.83. The molecule has 0 radical (unpaired) electrons. The van der Waals surface area contributed by atoms with Crippen molar-refractivity contribution in [2.45, 2.75) is 111 Å². The lowest BCUT2D eigenvalue weighted by Crippen LogP contribution is -1.93. The number of nitrogens with zero attached hydrogens (tertiary/aromatic N) is 13. The molecule has 7 rings (SSSR count). The summed E-state index contributed by atoms with van der Waals surface area (Å²) in [4.78, 5) is 5.56. The molecule has 0 amide bonds. The summed E-state index contributed by atoms with van der Waals surface area (Å²) < 4.78 is 35.0. The fourth-order valence-electron chi connectivity index (χ4n) is 5.16. The number of aryl methyl sites for hydroxylation is 17. The molecule has 0 spiro atoms. The van der Waals surface area contributed by atoms with E-state index in [4.69, 9.17) is 11.6 Å². The van der Waals surface area contributed by atoms with Gasteiger partial charge in [-0.15, -0.1) is 11.3 Å². The molecule has 0 saturated carbocycles. The first-order valence-electron chi connectivity index (χ1n) is 19.4. The molecule has 7 aromatic rings. The van der Waals surface area contributed by atoms with Gasteiger partial charge in [0.25, 0.3) is 0 Å². The molecule has 7 heterocycles. The SMILES string of the molecule is Cc1cn(C)nc1C.Cc1cn(C)nc1C.Cc1nc(C)c(C)s1.Cc1nn(C)c(C)c1C.Cc1nn(C)c(Cl)c1C.Cc1nn(C)c(F)c1C.Cc1nn(C)c(F)c1C. The van der Waals surface area contributed by atoms with Gasteiger partial charge < -0.3 is 0 Å². The lowest BCUT2D eigenvalue weighted by molar-refractivity contribution is 0.498. The minimum Gasteiger partial charge on any atom is -0.275 e. The summed E-state index contributed by atoms with van der Waals surface area (Å²) in [6.07, 6.45) is 4.02. The largest absolute Gasteiger partial charge is 0.275 e. The van der Waals surface area contributed by atoms with Crippen LogP contribution in [0.2, 0.25) is 5.15 Å². The zero-order valence-corrected chi connectivity index (χ0v) is 41.6. The molecular formula is C43H68ClF2N13S. The van der Waals surface area contributed by atoms with Crippen LogP contribution in [-0.4, -0.2) is 63.7 Å². The highest BCUT2D eigenvalue weighted by Gasteiger charge is 2.07. The van der Waals surface area contributed by atoms with E-state index >= 15 is 0 Å². The molecule has 13 nitrogen and oxygen atoms in total. The Labute approximate surface area is 365 Å². The Morgan fingerprint density at radius 3 is 0.867 bits per heavy atom. The standard InChI is InChI=1S/C7H12N2.C6H9ClN2.2C6H9FN2.2C6H10N2.C6H9NS/c1-5-6(2)8-9(4)7(5)3;3*1-4-5(2)8-9(3)6(4)7;2*1-5-4-8(3)7-6(5)2;1-4-5(2)8-6(3)7-4/h1-4H3;3*1-3H3;2*4H,1-3H3;1-3H3. The van der Waals surface area contributed by atoms with Crippen molar-refractivity contribution in [3.63, 3.8) is 0 Å². The molecule has 0 atom stereocenters. The molecule has 0 aliphatic rings. The lowest BCUT2D eigenvalue weighted by Gasteiger charge is -1.90. The molecule has 0 aliphatic carbocycles.